The van der Waals surface area contributed by atoms with Gasteiger partial charge in [0.2, 0.25) is 17.6 Å². The van der Waals surface area contributed by atoms with Gasteiger partial charge in [-0.1, -0.05) is 23.4 Å². The molecule has 130 valence electrons. The molecule has 0 saturated heterocycles. The van der Waals surface area contributed by atoms with Crippen LogP contribution < -0.4 is 10.1 Å². The molecule has 1 amide bonds. The summed E-state index contributed by atoms with van der Waals surface area (Å²) in [6, 6.07) is 11.4. The van der Waals surface area contributed by atoms with Crippen LogP contribution in [0.15, 0.2) is 46.3 Å². The molecule has 1 aromatic carbocycles. The molecule has 1 atom stereocenters. The molecule has 2 heterocycles. The van der Waals surface area contributed by atoms with Gasteiger partial charge in [-0.15, -0.1) is 11.3 Å². The van der Waals surface area contributed by atoms with E-state index in [1.807, 2.05) is 48.7 Å². The molecule has 0 aliphatic heterocycles. The number of carbonyl (C=O) groups is 1. The van der Waals surface area contributed by atoms with Crippen LogP contribution in [0.25, 0.3) is 10.7 Å². The van der Waals surface area contributed by atoms with Crippen molar-refractivity contribution in [1.29, 1.82) is 0 Å². The van der Waals surface area contributed by atoms with Crippen molar-refractivity contribution in [2.75, 3.05) is 7.11 Å². The van der Waals surface area contributed by atoms with Crippen LogP contribution in [0.1, 0.15) is 30.8 Å². The highest BCUT2D eigenvalue weighted by molar-refractivity contribution is 7.13. The summed E-state index contributed by atoms with van der Waals surface area (Å²) in [4.78, 5) is 17.4. The lowest BCUT2D eigenvalue weighted by Crippen LogP contribution is -2.26. The quantitative estimate of drug-likeness (QED) is 0.699. The zero-order valence-electron chi connectivity index (χ0n) is 14.1. The number of thiophene rings is 1. The molecule has 0 unspecified atom stereocenters. The molecular weight excluding hydrogens is 338 g/mol. The van der Waals surface area contributed by atoms with E-state index in [-0.39, 0.29) is 11.9 Å². The van der Waals surface area contributed by atoms with Crippen molar-refractivity contribution in [2.24, 2.45) is 0 Å². The van der Waals surface area contributed by atoms with Gasteiger partial charge in [0.05, 0.1) is 18.0 Å². The Balaban J connectivity index is 1.50. The number of methoxy groups -OCH3 is 1. The van der Waals surface area contributed by atoms with Crippen molar-refractivity contribution >= 4 is 17.2 Å². The van der Waals surface area contributed by atoms with Crippen molar-refractivity contribution < 1.29 is 14.1 Å². The first-order valence-corrected chi connectivity index (χ1v) is 8.83. The van der Waals surface area contributed by atoms with E-state index in [1.165, 1.54) is 0 Å². The first-order chi connectivity index (χ1) is 12.2. The van der Waals surface area contributed by atoms with Gasteiger partial charge in [0, 0.05) is 12.8 Å². The number of rotatable bonds is 7. The maximum absolute atomic E-state index is 12.1. The van der Waals surface area contributed by atoms with E-state index in [0.29, 0.717) is 24.6 Å². The Labute approximate surface area is 149 Å². The summed E-state index contributed by atoms with van der Waals surface area (Å²) in [5, 5.41) is 8.87. The number of nitrogens with zero attached hydrogens (tertiary/aromatic N) is 2. The highest BCUT2D eigenvalue weighted by Gasteiger charge is 2.13. The van der Waals surface area contributed by atoms with Crippen molar-refractivity contribution in [1.82, 2.24) is 15.5 Å². The van der Waals surface area contributed by atoms with E-state index in [0.717, 1.165) is 16.2 Å². The Kier molecular flexibility index (Phi) is 5.45. The normalized spacial score (nSPS) is 11.9. The third-order valence-corrected chi connectivity index (χ3v) is 4.63. The SMILES string of the molecule is COc1ccc([C@H](C)NC(=O)CCc2nc(-c3cccs3)no2)cc1. The molecule has 0 saturated carbocycles. The molecule has 0 bridgehead atoms. The van der Waals surface area contributed by atoms with E-state index >= 15 is 0 Å². The van der Waals surface area contributed by atoms with Gasteiger partial charge < -0.3 is 14.6 Å². The minimum atomic E-state index is -0.0808. The van der Waals surface area contributed by atoms with Crippen LogP contribution in [-0.2, 0) is 11.2 Å². The molecular formula is C18H19N3O3S. The summed E-state index contributed by atoms with van der Waals surface area (Å²) in [6.45, 7) is 1.95. The van der Waals surface area contributed by atoms with Crippen molar-refractivity contribution in [3.8, 4) is 16.5 Å². The van der Waals surface area contributed by atoms with E-state index in [4.69, 9.17) is 9.26 Å². The molecule has 6 nitrogen and oxygen atoms in total. The predicted molar refractivity (Wildman–Crippen MR) is 95.5 cm³/mol. The zero-order chi connectivity index (χ0) is 17.6. The molecule has 0 radical (unpaired) electrons. The summed E-state index contributed by atoms with van der Waals surface area (Å²) in [6.07, 6.45) is 0.714. The van der Waals surface area contributed by atoms with Crippen LogP contribution in [0.2, 0.25) is 0 Å². The van der Waals surface area contributed by atoms with Crippen LogP contribution in [0.4, 0.5) is 0 Å². The lowest BCUT2D eigenvalue weighted by atomic mass is 10.1. The number of nitrogens with one attached hydrogen (secondary N) is 1. The molecule has 3 rings (SSSR count). The molecule has 25 heavy (non-hydrogen) atoms. The second-order valence-electron chi connectivity index (χ2n) is 5.55. The van der Waals surface area contributed by atoms with Gasteiger partial charge in [-0.2, -0.15) is 4.98 Å². The number of carbonyl (C=O) groups excluding carboxylic acids is 1. The van der Waals surface area contributed by atoms with Gasteiger partial charge in [-0.3, -0.25) is 4.79 Å². The average molecular weight is 357 g/mol. The van der Waals surface area contributed by atoms with E-state index in [9.17, 15) is 4.79 Å². The van der Waals surface area contributed by atoms with Crippen molar-refractivity contribution in [3.63, 3.8) is 0 Å². The Bertz CT molecular complexity index is 812. The Morgan fingerprint density at radius 2 is 2.12 bits per heavy atom. The molecule has 7 heteroatoms. The second kappa shape index (κ2) is 7.94. The van der Waals surface area contributed by atoms with Crippen molar-refractivity contribution in [3.05, 3.63) is 53.2 Å². The lowest BCUT2D eigenvalue weighted by Gasteiger charge is -2.14. The molecule has 3 aromatic rings. The molecule has 2 aromatic heterocycles. The maximum Gasteiger partial charge on any atom is 0.227 e. The number of hydrogen-bond acceptors (Lipinski definition) is 6. The van der Waals surface area contributed by atoms with E-state index < -0.39 is 0 Å². The number of ether oxygens (including phenoxy) is 1. The van der Waals surface area contributed by atoms with E-state index in [2.05, 4.69) is 15.5 Å². The predicted octanol–water partition coefficient (Wildman–Crippen LogP) is 3.62. The van der Waals surface area contributed by atoms with Crippen molar-refractivity contribution in [2.45, 2.75) is 25.8 Å². The first-order valence-electron chi connectivity index (χ1n) is 7.95. The van der Waals surface area contributed by atoms with Gasteiger partial charge in [0.15, 0.2) is 0 Å². The summed E-state index contributed by atoms with van der Waals surface area (Å²) in [5.41, 5.74) is 1.02. The third kappa shape index (κ3) is 4.45. The molecule has 0 aliphatic carbocycles. The highest BCUT2D eigenvalue weighted by atomic mass is 32.1. The van der Waals surface area contributed by atoms with Gasteiger partial charge in [0.25, 0.3) is 0 Å². The van der Waals surface area contributed by atoms with Gasteiger partial charge >= 0.3 is 0 Å². The molecule has 0 spiro atoms. The zero-order valence-corrected chi connectivity index (χ0v) is 14.9. The Morgan fingerprint density at radius 3 is 2.80 bits per heavy atom. The minimum absolute atomic E-state index is 0.0563. The number of amides is 1. The first kappa shape index (κ1) is 17.2. The topological polar surface area (TPSA) is 77.2 Å². The number of benzene rings is 1. The van der Waals surface area contributed by atoms with Gasteiger partial charge in [-0.25, -0.2) is 0 Å². The summed E-state index contributed by atoms with van der Waals surface area (Å²) in [5.74, 6) is 1.77. The number of aryl methyl sites for hydroxylation is 1. The lowest BCUT2D eigenvalue weighted by molar-refractivity contribution is -0.121. The molecule has 1 N–H and O–H groups in total. The number of aromatic nitrogens is 2. The monoisotopic (exact) mass is 357 g/mol. The Hall–Kier alpha value is -2.67. The van der Waals surface area contributed by atoms with Gasteiger partial charge in [-0.05, 0) is 36.1 Å². The second-order valence-corrected chi connectivity index (χ2v) is 6.50. The average Bonchev–Trinajstić information content (AvgIpc) is 3.31. The standard InChI is InChI=1S/C18H19N3O3S/c1-12(13-5-7-14(23-2)8-6-13)19-16(22)9-10-17-20-18(21-24-17)15-4-3-11-25-15/h3-8,11-12H,9-10H2,1-2H3,(H,19,22)/t12-/m0/s1. The van der Waals surface area contributed by atoms with E-state index in [1.54, 1.807) is 18.4 Å². The van der Waals surface area contributed by atoms with Crippen LogP contribution in [0.3, 0.4) is 0 Å². The van der Waals surface area contributed by atoms with Crippen LogP contribution in [0, 0.1) is 0 Å². The maximum atomic E-state index is 12.1. The fraction of sp³-hybridized carbons (Fsp3) is 0.278. The van der Waals surface area contributed by atoms with Crippen LogP contribution in [0.5, 0.6) is 5.75 Å². The summed E-state index contributed by atoms with van der Waals surface area (Å²) < 4.78 is 10.3. The summed E-state index contributed by atoms with van der Waals surface area (Å²) >= 11 is 1.55. The smallest absolute Gasteiger partial charge is 0.227 e. The number of hydrogen-bond donors (Lipinski definition) is 1. The fourth-order valence-corrected chi connectivity index (χ4v) is 3.02. The van der Waals surface area contributed by atoms with Gasteiger partial charge in [0.1, 0.15) is 5.75 Å². The van der Waals surface area contributed by atoms with Crippen LogP contribution in [-0.4, -0.2) is 23.2 Å². The largest absolute Gasteiger partial charge is 0.497 e. The third-order valence-electron chi connectivity index (χ3n) is 3.77. The molecule has 0 aliphatic rings. The molecule has 0 fully saturated rings. The Morgan fingerprint density at radius 1 is 1.32 bits per heavy atom. The fourth-order valence-electron chi connectivity index (χ4n) is 2.37. The highest BCUT2D eigenvalue weighted by Crippen LogP contribution is 2.21. The minimum Gasteiger partial charge on any atom is -0.497 e. The summed E-state index contributed by atoms with van der Waals surface area (Å²) in [7, 11) is 1.63. The van der Waals surface area contributed by atoms with Crippen LogP contribution >= 0.6 is 11.3 Å².